The van der Waals surface area contributed by atoms with Crippen molar-refractivity contribution in [2.45, 2.75) is 271 Å². The Labute approximate surface area is 486 Å². The fraction of sp³-hybridized carbons (Fsp3) is 0.603. The maximum atomic E-state index is 12.9. The summed E-state index contributed by atoms with van der Waals surface area (Å²) in [6.07, 6.45) is 95.3. The fourth-order valence-electron chi connectivity index (χ4n) is 8.28. The molecule has 0 saturated carbocycles. The molecule has 0 N–H and O–H groups in total. The summed E-state index contributed by atoms with van der Waals surface area (Å²) in [5.74, 6) is -1.00. The van der Waals surface area contributed by atoms with Gasteiger partial charge in [-0.3, -0.25) is 14.4 Å². The maximum absolute atomic E-state index is 12.9. The Balaban J connectivity index is 4.53. The second kappa shape index (κ2) is 65.5. The van der Waals surface area contributed by atoms with E-state index in [2.05, 4.69) is 179 Å². The van der Waals surface area contributed by atoms with Gasteiger partial charge in [-0.2, -0.15) is 0 Å². The van der Waals surface area contributed by atoms with Gasteiger partial charge in [0.25, 0.3) is 0 Å². The fourth-order valence-corrected chi connectivity index (χ4v) is 8.28. The minimum absolute atomic E-state index is 0.115. The van der Waals surface area contributed by atoms with Crippen molar-refractivity contribution >= 4 is 17.9 Å². The molecular formula is C73H116O6. The molecule has 1 atom stereocenters. The number of carbonyl (C=O) groups excluding carboxylic acids is 3. The number of hydrogen-bond acceptors (Lipinski definition) is 6. The largest absolute Gasteiger partial charge is 0.462 e. The van der Waals surface area contributed by atoms with Crippen LogP contribution in [0.15, 0.2) is 158 Å². The summed E-state index contributed by atoms with van der Waals surface area (Å²) in [4.78, 5) is 38.3. The third kappa shape index (κ3) is 63.7. The van der Waals surface area contributed by atoms with Crippen LogP contribution in [-0.4, -0.2) is 37.2 Å². The molecule has 444 valence electrons. The molecule has 0 bridgehead atoms. The van der Waals surface area contributed by atoms with Crippen molar-refractivity contribution in [1.29, 1.82) is 0 Å². The normalized spacial score (nSPS) is 13.2. The van der Waals surface area contributed by atoms with Gasteiger partial charge in [0.2, 0.25) is 0 Å². The van der Waals surface area contributed by atoms with Gasteiger partial charge in [0.15, 0.2) is 6.10 Å². The summed E-state index contributed by atoms with van der Waals surface area (Å²) >= 11 is 0. The summed E-state index contributed by atoms with van der Waals surface area (Å²) in [7, 11) is 0. The quantitative estimate of drug-likeness (QED) is 0.0261. The van der Waals surface area contributed by atoms with Crippen molar-refractivity contribution in [3.05, 3.63) is 158 Å². The molecule has 0 rings (SSSR count). The average Bonchev–Trinajstić information content (AvgIpc) is 3.45. The molecule has 0 aromatic heterocycles. The van der Waals surface area contributed by atoms with Crippen molar-refractivity contribution in [2.24, 2.45) is 0 Å². The first-order chi connectivity index (χ1) is 39.0. The Kier molecular flexibility index (Phi) is 61.4. The van der Waals surface area contributed by atoms with Gasteiger partial charge in [-0.1, -0.05) is 262 Å². The molecule has 0 saturated heterocycles. The van der Waals surface area contributed by atoms with E-state index < -0.39 is 6.10 Å². The van der Waals surface area contributed by atoms with E-state index in [0.29, 0.717) is 12.8 Å². The Bertz CT molecular complexity index is 1780. The predicted molar refractivity (Wildman–Crippen MR) is 343 cm³/mol. The van der Waals surface area contributed by atoms with Gasteiger partial charge < -0.3 is 14.2 Å². The number of esters is 3. The molecule has 6 nitrogen and oxygen atoms in total. The molecule has 0 fully saturated rings. The average molecular weight is 1090 g/mol. The van der Waals surface area contributed by atoms with Gasteiger partial charge >= 0.3 is 17.9 Å². The van der Waals surface area contributed by atoms with Gasteiger partial charge in [-0.05, 0) is 141 Å². The van der Waals surface area contributed by atoms with Crippen LogP contribution >= 0.6 is 0 Å². The molecule has 0 aromatic carbocycles. The van der Waals surface area contributed by atoms with Gasteiger partial charge in [-0.15, -0.1) is 0 Å². The van der Waals surface area contributed by atoms with Crippen molar-refractivity contribution in [3.8, 4) is 0 Å². The van der Waals surface area contributed by atoms with Crippen LogP contribution in [-0.2, 0) is 28.6 Å². The van der Waals surface area contributed by atoms with Gasteiger partial charge in [0.1, 0.15) is 13.2 Å². The van der Waals surface area contributed by atoms with Crippen molar-refractivity contribution in [2.75, 3.05) is 13.2 Å². The zero-order valence-electron chi connectivity index (χ0n) is 50.8. The first-order valence-corrected chi connectivity index (χ1v) is 32.0. The molecule has 0 amide bonds. The summed E-state index contributed by atoms with van der Waals surface area (Å²) in [6.45, 7) is 6.33. The molecule has 0 aliphatic carbocycles. The minimum Gasteiger partial charge on any atom is -0.462 e. The lowest BCUT2D eigenvalue weighted by Gasteiger charge is -2.18. The first-order valence-electron chi connectivity index (χ1n) is 32.0. The zero-order valence-corrected chi connectivity index (χ0v) is 50.8. The summed E-state index contributed by atoms with van der Waals surface area (Å²) in [5.41, 5.74) is 0. The highest BCUT2D eigenvalue weighted by molar-refractivity contribution is 5.71. The molecule has 0 aromatic rings. The highest BCUT2D eigenvalue weighted by Gasteiger charge is 2.19. The number of unbranched alkanes of at least 4 members (excludes halogenated alkanes) is 19. The molecule has 0 spiro atoms. The van der Waals surface area contributed by atoms with E-state index in [1.54, 1.807) is 0 Å². The molecule has 0 aliphatic heterocycles. The van der Waals surface area contributed by atoms with Crippen LogP contribution in [0.3, 0.4) is 0 Å². The van der Waals surface area contributed by atoms with Crippen molar-refractivity contribution < 1.29 is 28.6 Å². The summed E-state index contributed by atoms with van der Waals surface area (Å²) in [5, 5.41) is 0. The minimum atomic E-state index is -0.825. The first kappa shape index (κ1) is 74.0. The van der Waals surface area contributed by atoms with E-state index in [9.17, 15) is 14.4 Å². The smallest absolute Gasteiger partial charge is 0.306 e. The standard InChI is InChI=1S/C73H116O6/c1-4-7-10-13-16-19-22-25-28-31-33-35-36-38-39-42-45-48-51-54-57-60-63-66-72(75)78-69-70(68-77-71(74)65-62-59-56-53-50-47-44-41-30-27-24-21-18-15-12-9-6-3)79-73(76)67-64-61-58-55-52-49-46-43-40-37-34-32-29-26-23-20-17-14-11-8-5-2/h8-9,11-12,17-18,20-22,25-27,29-31,33-34,36-38,43-44,46-47,53,56,70H,4-7,10,13-16,19,23-24,28,32,35,39-42,45,48-52,54-55,57-69H2,1-3H3/b11-8-,12-9-,20-17-,21-18-,25-22-,29-26-,30-27-,33-31-,37-34-,38-36-,46-43-,47-44-,56-53-. The Hall–Kier alpha value is -4.97. The number of rotatable bonds is 56. The van der Waals surface area contributed by atoms with E-state index in [4.69, 9.17) is 14.2 Å². The van der Waals surface area contributed by atoms with Crippen LogP contribution in [0.4, 0.5) is 0 Å². The van der Waals surface area contributed by atoms with Gasteiger partial charge in [0, 0.05) is 19.3 Å². The maximum Gasteiger partial charge on any atom is 0.306 e. The highest BCUT2D eigenvalue weighted by atomic mass is 16.6. The van der Waals surface area contributed by atoms with Crippen LogP contribution in [0.1, 0.15) is 265 Å². The van der Waals surface area contributed by atoms with Crippen LogP contribution < -0.4 is 0 Å². The molecule has 6 heteroatoms. The highest BCUT2D eigenvalue weighted by Crippen LogP contribution is 2.14. The number of allylic oxidation sites excluding steroid dienone is 26. The van der Waals surface area contributed by atoms with Crippen LogP contribution in [0.2, 0.25) is 0 Å². The van der Waals surface area contributed by atoms with Crippen LogP contribution in [0, 0.1) is 0 Å². The monoisotopic (exact) mass is 1090 g/mol. The lowest BCUT2D eigenvalue weighted by Crippen LogP contribution is -2.30. The van der Waals surface area contributed by atoms with Crippen LogP contribution in [0.5, 0.6) is 0 Å². The Morgan fingerprint density at radius 1 is 0.266 bits per heavy atom. The molecule has 1 unspecified atom stereocenters. The van der Waals surface area contributed by atoms with E-state index in [0.717, 1.165) is 148 Å². The van der Waals surface area contributed by atoms with Crippen molar-refractivity contribution in [1.82, 2.24) is 0 Å². The second-order valence-electron chi connectivity index (χ2n) is 20.5. The van der Waals surface area contributed by atoms with E-state index in [-0.39, 0.29) is 44.0 Å². The lowest BCUT2D eigenvalue weighted by molar-refractivity contribution is -0.167. The predicted octanol–water partition coefficient (Wildman–Crippen LogP) is 22.1. The van der Waals surface area contributed by atoms with E-state index in [1.807, 2.05) is 0 Å². The molecule has 0 heterocycles. The second-order valence-corrected chi connectivity index (χ2v) is 20.5. The molecule has 0 aliphatic rings. The van der Waals surface area contributed by atoms with Crippen molar-refractivity contribution in [3.63, 3.8) is 0 Å². The van der Waals surface area contributed by atoms with Gasteiger partial charge in [0.05, 0.1) is 0 Å². The number of ether oxygens (including phenoxy) is 3. The zero-order chi connectivity index (χ0) is 57.1. The van der Waals surface area contributed by atoms with E-state index in [1.165, 1.54) is 70.6 Å². The number of hydrogen-bond donors (Lipinski definition) is 0. The number of carbonyl (C=O) groups is 3. The lowest BCUT2D eigenvalue weighted by atomic mass is 10.1. The molecule has 0 radical (unpaired) electrons. The molecular weight excluding hydrogens is 973 g/mol. The third-order valence-electron chi connectivity index (χ3n) is 13.0. The Morgan fingerprint density at radius 2 is 0.506 bits per heavy atom. The molecule has 79 heavy (non-hydrogen) atoms. The summed E-state index contributed by atoms with van der Waals surface area (Å²) in [6, 6.07) is 0. The van der Waals surface area contributed by atoms with Gasteiger partial charge in [-0.25, -0.2) is 0 Å². The summed E-state index contributed by atoms with van der Waals surface area (Å²) < 4.78 is 16.9. The SMILES string of the molecule is CC/C=C\C/C=C\C/C=C\C/C=C\C/C=C\CCCCCCCC(=O)OC(COC(=O)CCC/C=C\C/C=C\C/C=C\C/C=C\C/C=C\CC)COC(=O)CCCCCCCCCC/C=C\C/C=C\C/C=C\CCCCCCC. The topological polar surface area (TPSA) is 78.9 Å². The Morgan fingerprint density at radius 3 is 0.823 bits per heavy atom. The van der Waals surface area contributed by atoms with E-state index >= 15 is 0 Å². The third-order valence-corrected chi connectivity index (χ3v) is 13.0. The van der Waals surface area contributed by atoms with Crippen LogP contribution in [0.25, 0.3) is 0 Å².